The zero-order valence-corrected chi connectivity index (χ0v) is 14.8. The Labute approximate surface area is 143 Å². The second-order valence-electron chi connectivity index (χ2n) is 6.20. The van der Waals surface area contributed by atoms with Crippen LogP contribution in [0.5, 0.6) is 0 Å². The highest BCUT2D eigenvalue weighted by Gasteiger charge is 2.20. The Kier molecular flexibility index (Phi) is 7.64. The molecule has 0 spiro atoms. The van der Waals surface area contributed by atoms with Gasteiger partial charge in [-0.2, -0.15) is 8.42 Å². The summed E-state index contributed by atoms with van der Waals surface area (Å²) in [5.74, 6) is 1.10. The van der Waals surface area contributed by atoms with Gasteiger partial charge in [0, 0.05) is 18.4 Å². The highest BCUT2D eigenvalue weighted by atomic mass is 32.2. The molecule has 0 radical (unpaired) electrons. The maximum Gasteiger partial charge on any atom is 0.296 e. The summed E-state index contributed by atoms with van der Waals surface area (Å²) >= 11 is 0. The average Bonchev–Trinajstić information content (AvgIpc) is 2.47. The first-order chi connectivity index (χ1) is 11.5. The summed E-state index contributed by atoms with van der Waals surface area (Å²) in [4.78, 5) is 0.216. The Morgan fingerprint density at radius 2 is 1.58 bits per heavy atom. The van der Waals surface area contributed by atoms with Crippen LogP contribution in [0.15, 0.2) is 29.2 Å². The molecule has 0 bridgehead atoms. The van der Waals surface area contributed by atoms with E-state index in [1.807, 2.05) is 6.92 Å². The molecule has 2 saturated heterocycles. The predicted octanol–water partition coefficient (Wildman–Crippen LogP) is 1.75. The number of hydrogen-bond acceptors (Lipinski definition) is 6. The second-order valence-corrected chi connectivity index (χ2v) is 7.81. The van der Waals surface area contributed by atoms with Crippen LogP contribution in [0.25, 0.3) is 0 Å². The van der Waals surface area contributed by atoms with Crippen LogP contribution >= 0.6 is 0 Å². The summed E-state index contributed by atoms with van der Waals surface area (Å²) in [6.45, 7) is 5.61. The lowest BCUT2D eigenvalue weighted by Crippen LogP contribution is -2.28. The molecule has 0 atom stereocenters. The van der Waals surface area contributed by atoms with Gasteiger partial charge >= 0.3 is 0 Å². The monoisotopic (exact) mass is 358 g/mol. The minimum atomic E-state index is -3.60. The summed E-state index contributed by atoms with van der Waals surface area (Å²) in [5.41, 5.74) is 1.02. The molecule has 2 heterocycles. The SMILES string of the molecule is Cc1ccc(S(=O)(=O)OCCC2COC2)cc1.OCCC1COC1. The molecule has 2 fully saturated rings. The molecule has 3 rings (SSSR count). The van der Waals surface area contributed by atoms with Crippen molar-refractivity contribution in [1.82, 2.24) is 0 Å². The molecule has 1 aromatic rings. The highest BCUT2D eigenvalue weighted by molar-refractivity contribution is 7.86. The van der Waals surface area contributed by atoms with E-state index in [1.165, 1.54) is 0 Å². The third kappa shape index (κ3) is 6.14. The molecule has 1 aromatic carbocycles. The molecule has 0 aromatic heterocycles. The Balaban J connectivity index is 0.000000249. The fourth-order valence-electron chi connectivity index (χ4n) is 2.18. The largest absolute Gasteiger partial charge is 0.396 e. The molecule has 6 nitrogen and oxygen atoms in total. The van der Waals surface area contributed by atoms with Gasteiger partial charge in [-0.05, 0) is 31.9 Å². The lowest BCUT2D eigenvalue weighted by atomic mass is 10.1. The van der Waals surface area contributed by atoms with Gasteiger partial charge in [-0.3, -0.25) is 4.18 Å². The molecule has 0 aliphatic carbocycles. The number of hydrogen-bond donors (Lipinski definition) is 1. The van der Waals surface area contributed by atoms with Crippen LogP contribution in [0.1, 0.15) is 18.4 Å². The highest BCUT2D eigenvalue weighted by Crippen LogP contribution is 2.17. The number of rotatable bonds is 7. The van der Waals surface area contributed by atoms with E-state index in [0.717, 1.165) is 31.6 Å². The number of benzene rings is 1. The first-order valence-corrected chi connectivity index (χ1v) is 9.64. The first-order valence-electron chi connectivity index (χ1n) is 8.23. The van der Waals surface area contributed by atoms with Gasteiger partial charge in [0.25, 0.3) is 10.1 Å². The van der Waals surface area contributed by atoms with Crippen LogP contribution in [0.2, 0.25) is 0 Å². The van der Waals surface area contributed by atoms with Crippen LogP contribution < -0.4 is 0 Å². The standard InChI is InChI=1S/C12H16O4S.C5H10O2/c1-10-2-4-12(5-3-10)17(13,14)16-7-6-11-8-15-9-11;6-2-1-5-3-7-4-5/h2-5,11H,6-9H2,1H3;5-6H,1-4H2. The first kappa shape index (κ1) is 19.3. The van der Waals surface area contributed by atoms with E-state index in [-0.39, 0.29) is 11.5 Å². The van der Waals surface area contributed by atoms with Crippen LogP contribution in [-0.2, 0) is 23.8 Å². The lowest BCUT2D eigenvalue weighted by molar-refractivity contribution is -0.0414. The minimum Gasteiger partial charge on any atom is -0.396 e. The van der Waals surface area contributed by atoms with Gasteiger partial charge in [0.15, 0.2) is 0 Å². The van der Waals surface area contributed by atoms with Gasteiger partial charge in [0.1, 0.15) is 0 Å². The average molecular weight is 358 g/mol. The van der Waals surface area contributed by atoms with Crippen molar-refractivity contribution in [3.63, 3.8) is 0 Å². The van der Waals surface area contributed by atoms with E-state index < -0.39 is 10.1 Å². The minimum absolute atomic E-state index is 0.216. The normalized spacial score (nSPS) is 18.2. The summed E-state index contributed by atoms with van der Waals surface area (Å²) in [5, 5.41) is 8.35. The molecule has 2 aliphatic heterocycles. The van der Waals surface area contributed by atoms with Crippen molar-refractivity contribution in [1.29, 1.82) is 0 Å². The van der Waals surface area contributed by atoms with Gasteiger partial charge in [-0.1, -0.05) is 17.7 Å². The number of aliphatic hydroxyl groups excluding tert-OH is 1. The Bertz CT molecular complexity index is 576. The summed E-state index contributed by atoms with van der Waals surface area (Å²) < 4.78 is 38.4. The molecule has 0 saturated carbocycles. The molecule has 24 heavy (non-hydrogen) atoms. The topological polar surface area (TPSA) is 82.1 Å². The van der Waals surface area contributed by atoms with Crippen molar-refractivity contribution in [2.45, 2.75) is 24.7 Å². The van der Waals surface area contributed by atoms with Gasteiger partial charge < -0.3 is 14.6 Å². The van der Waals surface area contributed by atoms with E-state index in [4.69, 9.17) is 18.8 Å². The van der Waals surface area contributed by atoms with Crippen molar-refractivity contribution < 1.29 is 27.2 Å². The fourth-order valence-corrected chi connectivity index (χ4v) is 3.10. The van der Waals surface area contributed by atoms with Crippen molar-refractivity contribution in [3.8, 4) is 0 Å². The molecule has 1 N–H and O–H groups in total. The van der Waals surface area contributed by atoms with E-state index in [0.29, 0.717) is 31.7 Å². The zero-order chi connectivity index (χ0) is 17.4. The van der Waals surface area contributed by atoms with E-state index >= 15 is 0 Å². The molecular formula is C17H26O6S. The lowest BCUT2D eigenvalue weighted by Gasteiger charge is -2.25. The summed E-state index contributed by atoms with van der Waals surface area (Å²) in [6, 6.07) is 6.65. The summed E-state index contributed by atoms with van der Waals surface area (Å²) in [7, 11) is -3.60. The van der Waals surface area contributed by atoms with Crippen LogP contribution in [0.3, 0.4) is 0 Å². The van der Waals surface area contributed by atoms with Crippen LogP contribution in [-0.4, -0.2) is 53.2 Å². The van der Waals surface area contributed by atoms with Gasteiger partial charge in [-0.25, -0.2) is 0 Å². The van der Waals surface area contributed by atoms with Gasteiger partial charge in [0.2, 0.25) is 0 Å². The maximum atomic E-state index is 11.8. The number of aliphatic hydroxyl groups is 1. The third-order valence-corrected chi connectivity index (χ3v) is 5.35. The maximum absolute atomic E-state index is 11.8. The van der Waals surface area contributed by atoms with Gasteiger partial charge in [0.05, 0.1) is 37.9 Å². The van der Waals surface area contributed by atoms with E-state index in [2.05, 4.69) is 0 Å². The summed E-state index contributed by atoms with van der Waals surface area (Å²) in [6.07, 6.45) is 1.64. The van der Waals surface area contributed by atoms with Crippen molar-refractivity contribution >= 4 is 10.1 Å². The van der Waals surface area contributed by atoms with Gasteiger partial charge in [-0.15, -0.1) is 0 Å². The van der Waals surface area contributed by atoms with Crippen LogP contribution in [0.4, 0.5) is 0 Å². The van der Waals surface area contributed by atoms with Crippen molar-refractivity contribution in [2.75, 3.05) is 39.6 Å². The number of aryl methyl sites for hydroxylation is 1. The van der Waals surface area contributed by atoms with Crippen molar-refractivity contribution in [2.24, 2.45) is 11.8 Å². The molecule has 136 valence electrons. The zero-order valence-electron chi connectivity index (χ0n) is 14.0. The quantitative estimate of drug-likeness (QED) is 0.748. The molecule has 2 aliphatic rings. The van der Waals surface area contributed by atoms with Crippen LogP contribution in [0, 0.1) is 18.8 Å². The third-order valence-electron chi connectivity index (χ3n) is 4.03. The van der Waals surface area contributed by atoms with E-state index in [9.17, 15) is 8.42 Å². The molecule has 0 unspecified atom stereocenters. The number of ether oxygens (including phenoxy) is 2. The fraction of sp³-hybridized carbons (Fsp3) is 0.647. The Morgan fingerprint density at radius 1 is 1.04 bits per heavy atom. The smallest absolute Gasteiger partial charge is 0.296 e. The van der Waals surface area contributed by atoms with E-state index in [1.54, 1.807) is 24.3 Å². The molecule has 0 amide bonds. The molecular weight excluding hydrogens is 332 g/mol. The predicted molar refractivity (Wildman–Crippen MR) is 89.3 cm³/mol. The Hall–Kier alpha value is -0.990. The molecule has 7 heteroatoms. The van der Waals surface area contributed by atoms with Crippen molar-refractivity contribution in [3.05, 3.63) is 29.8 Å². The second kappa shape index (κ2) is 9.48. The Morgan fingerprint density at radius 3 is 2.00 bits per heavy atom.